The Morgan fingerprint density at radius 3 is 2.45 bits per heavy atom. The molecule has 112 valence electrons. The summed E-state index contributed by atoms with van der Waals surface area (Å²) < 4.78 is 39.7. The molecule has 1 aromatic carbocycles. The van der Waals surface area contributed by atoms with Crippen LogP contribution < -0.4 is 0 Å². The summed E-state index contributed by atoms with van der Waals surface area (Å²) in [7, 11) is -3.64. The van der Waals surface area contributed by atoms with Gasteiger partial charge in [0.05, 0.1) is 11.5 Å². The van der Waals surface area contributed by atoms with Gasteiger partial charge in [0.2, 0.25) is 10.0 Å². The van der Waals surface area contributed by atoms with E-state index in [0.29, 0.717) is 38.3 Å². The molecule has 0 bridgehead atoms. The lowest BCUT2D eigenvalue weighted by Gasteiger charge is -2.33. The van der Waals surface area contributed by atoms with Crippen LogP contribution >= 0.6 is 0 Å². The maximum Gasteiger partial charge on any atom is 0.243 e. The maximum absolute atomic E-state index is 13.5. The Morgan fingerprint density at radius 1 is 1.25 bits per heavy atom. The van der Waals surface area contributed by atoms with Crippen LogP contribution in [0.25, 0.3) is 0 Å². The number of rotatable bonds is 4. The number of halogens is 1. The third-order valence-electron chi connectivity index (χ3n) is 3.53. The zero-order valence-electron chi connectivity index (χ0n) is 11.4. The average molecular weight is 302 g/mol. The van der Waals surface area contributed by atoms with Crippen molar-refractivity contribution in [1.29, 1.82) is 0 Å². The quantitative estimate of drug-likeness (QED) is 0.876. The minimum Gasteiger partial charge on any atom is -0.395 e. The third kappa shape index (κ3) is 3.17. The molecule has 0 atom stereocenters. The molecule has 0 saturated carbocycles. The lowest BCUT2D eigenvalue weighted by molar-refractivity contribution is 0.151. The Hall–Kier alpha value is -1.02. The van der Waals surface area contributed by atoms with Gasteiger partial charge >= 0.3 is 0 Å². The number of hydrogen-bond donors (Lipinski definition) is 1. The molecule has 0 aromatic heterocycles. The summed E-state index contributed by atoms with van der Waals surface area (Å²) in [5, 5.41) is 8.86. The second kappa shape index (κ2) is 6.17. The highest BCUT2D eigenvalue weighted by Crippen LogP contribution is 2.20. The van der Waals surface area contributed by atoms with E-state index in [-0.39, 0.29) is 11.5 Å². The SMILES string of the molecule is Cc1ccc(S(=O)(=O)N2CCN(CCO)CC2)cc1F. The molecule has 1 heterocycles. The van der Waals surface area contributed by atoms with Crippen LogP contribution in [0.5, 0.6) is 0 Å². The average Bonchev–Trinajstić information content (AvgIpc) is 2.43. The van der Waals surface area contributed by atoms with Crippen LogP contribution in [0.2, 0.25) is 0 Å². The van der Waals surface area contributed by atoms with Gasteiger partial charge in [-0.2, -0.15) is 4.31 Å². The van der Waals surface area contributed by atoms with Crippen molar-refractivity contribution in [3.63, 3.8) is 0 Å². The molecule has 1 aliphatic heterocycles. The molecule has 0 unspecified atom stereocenters. The minimum atomic E-state index is -3.64. The monoisotopic (exact) mass is 302 g/mol. The van der Waals surface area contributed by atoms with E-state index in [1.54, 1.807) is 6.92 Å². The highest BCUT2D eigenvalue weighted by atomic mass is 32.2. The van der Waals surface area contributed by atoms with E-state index in [1.807, 2.05) is 4.90 Å². The summed E-state index contributed by atoms with van der Waals surface area (Å²) >= 11 is 0. The Labute approximate surface area is 118 Å². The van der Waals surface area contributed by atoms with E-state index < -0.39 is 15.8 Å². The van der Waals surface area contributed by atoms with Gasteiger partial charge in [-0.25, -0.2) is 12.8 Å². The molecule has 1 saturated heterocycles. The number of sulfonamides is 1. The first-order chi connectivity index (χ1) is 9.45. The molecule has 5 nitrogen and oxygen atoms in total. The first-order valence-corrected chi connectivity index (χ1v) is 7.98. The van der Waals surface area contributed by atoms with Crippen molar-refractivity contribution in [2.24, 2.45) is 0 Å². The molecule has 1 aromatic rings. The van der Waals surface area contributed by atoms with Gasteiger partial charge < -0.3 is 5.11 Å². The highest BCUT2D eigenvalue weighted by Gasteiger charge is 2.28. The molecule has 1 fully saturated rings. The number of aliphatic hydroxyl groups is 1. The molecule has 0 radical (unpaired) electrons. The first-order valence-electron chi connectivity index (χ1n) is 6.54. The van der Waals surface area contributed by atoms with Crippen LogP contribution in [0.1, 0.15) is 5.56 Å². The second-order valence-electron chi connectivity index (χ2n) is 4.88. The molecule has 1 aliphatic rings. The fourth-order valence-corrected chi connectivity index (χ4v) is 3.65. The Bertz CT molecular complexity index is 569. The van der Waals surface area contributed by atoms with Crippen LogP contribution in [-0.2, 0) is 10.0 Å². The van der Waals surface area contributed by atoms with E-state index in [9.17, 15) is 12.8 Å². The summed E-state index contributed by atoms with van der Waals surface area (Å²) in [6, 6.07) is 3.99. The number of hydrogen-bond acceptors (Lipinski definition) is 4. The van der Waals surface area contributed by atoms with Gasteiger partial charge in [0.25, 0.3) is 0 Å². The van der Waals surface area contributed by atoms with Gasteiger partial charge in [0.1, 0.15) is 5.82 Å². The Kier molecular flexibility index (Phi) is 4.74. The summed E-state index contributed by atoms with van der Waals surface area (Å²) in [5.41, 5.74) is 0.428. The van der Waals surface area contributed by atoms with Crippen molar-refractivity contribution in [1.82, 2.24) is 9.21 Å². The van der Waals surface area contributed by atoms with Crippen molar-refractivity contribution in [2.45, 2.75) is 11.8 Å². The van der Waals surface area contributed by atoms with E-state index in [2.05, 4.69) is 0 Å². The molecule has 2 rings (SSSR count). The molecule has 7 heteroatoms. The van der Waals surface area contributed by atoms with E-state index in [4.69, 9.17) is 5.11 Å². The summed E-state index contributed by atoms with van der Waals surface area (Å²) in [4.78, 5) is 2.00. The van der Waals surface area contributed by atoms with E-state index >= 15 is 0 Å². The summed E-state index contributed by atoms with van der Waals surface area (Å²) in [5.74, 6) is -0.509. The third-order valence-corrected chi connectivity index (χ3v) is 5.42. The number of benzene rings is 1. The predicted molar refractivity (Wildman–Crippen MR) is 73.4 cm³/mol. The topological polar surface area (TPSA) is 60.9 Å². The van der Waals surface area contributed by atoms with Crippen LogP contribution in [0.3, 0.4) is 0 Å². The highest BCUT2D eigenvalue weighted by molar-refractivity contribution is 7.89. The van der Waals surface area contributed by atoms with E-state index in [0.717, 1.165) is 6.07 Å². The molecule has 0 aliphatic carbocycles. The van der Waals surface area contributed by atoms with E-state index in [1.165, 1.54) is 16.4 Å². The van der Waals surface area contributed by atoms with Crippen LogP contribution in [0, 0.1) is 12.7 Å². The van der Waals surface area contributed by atoms with Gasteiger partial charge in [-0.05, 0) is 24.6 Å². The summed E-state index contributed by atoms with van der Waals surface area (Å²) in [6.45, 7) is 4.08. The van der Waals surface area contributed by atoms with Gasteiger partial charge in [0.15, 0.2) is 0 Å². The summed E-state index contributed by atoms with van der Waals surface area (Å²) in [6.07, 6.45) is 0. The lowest BCUT2D eigenvalue weighted by atomic mass is 10.2. The standard InChI is InChI=1S/C13H19FN2O3S/c1-11-2-3-12(10-13(11)14)20(18,19)16-6-4-15(5-7-16)8-9-17/h2-3,10,17H,4-9H2,1H3. The fourth-order valence-electron chi connectivity index (χ4n) is 2.22. The molecule has 1 N–H and O–H groups in total. The number of aliphatic hydroxyl groups excluding tert-OH is 1. The van der Waals surface area contributed by atoms with Gasteiger partial charge in [-0.3, -0.25) is 4.90 Å². The first kappa shape index (κ1) is 15.4. The number of aryl methyl sites for hydroxylation is 1. The van der Waals surface area contributed by atoms with Crippen molar-refractivity contribution in [2.75, 3.05) is 39.3 Å². The largest absolute Gasteiger partial charge is 0.395 e. The maximum atomic E-state index is 13.5. The Balaban J connectivity index is 2.13. The zero-order chi connectivity index (χ0) is 14.8. The number of nitrogens with zero attached hydrogens (tertiary/aromatic N) is 2. The molecular weight excluding hydrogens is 283 g/mol. The number of β-amino-alcohol motifs (C(OH)–C–C–N with tert-alkyl or cyclic N) is 1. The molecule has 0 amide bonds. The second-order valence-corrected chi connectivity index (χ2v) is 6.82. The van der Waals surface area contributed by atoms with Crippen molar-refractivity contribution in [3.05, 3.63) is 29.6 Å². The van der Waals surface area contributed by atoms with Crippen molar-refractivity contribution < 1.29 is 17.9 Å². The Morgan fingerprint density at radius 2 is 1.90 bits per heavy atom. The zero-order valence-corrected chi connectivity index (χ0v) is 12.2. The predicted octanol–water partition coefficient (Wildman–Crippen LogP) is 0.433. The van der Waals surface area contributed by atoms with Gasteiger partial charge in [-0.1, -0.05) is 6.07 Å². The van der Waals surface area contributed by atoms with Crippen LogP contribution in [0.15, 0.2) is 23.1 Å². The van der Waals surface area contributed by atoms with Crippen molar-refractivity contribution in [3.8, 4) is 0 Å². The minimum absolute atomic E-state index is 0.00351. The molecule has 20 heavy (non-hydrogen) atoms. The smallest absolute Gasteiger partial charge is 0.243 e. The lowest BCUT2D eigenvalue weighted by Crippen LogP contribution is -2.49. The van der Waals surface area contributed by atoms with Gasteiger partial charge in [-0.15, -0.1) is 0 Å². The van der Waals surface area contributed by atoms with Crippen LogP contribution in [0.4, 0.5) is 4.39 Å². The fraction of sp³-hybridized carbons (Fsp3) is 0.538. The normalized spacial score (nSPS) is 18.4. The van der Waals surface area contributed by atoms with Crippen LogP contribution in [-0.4, -0.2) is 62.1 Å². The molecule has 0 spiro atoms. The van der Waals surface area contributed by atoms with Gasteiger partial charge in [0, 0.05) is 32.7 Å². The number of piperazine rings is 1. The molecular formula is C13H19FN2O3S. The van der Waals surface area contributed by atoms with Crippen molar-refractivity contribution >= 4 is 10.0 Å².